The van der Waals surface area contributed by atoms with Crippen molar-refractivity contribution in [1.29, 1.82) is 0 Å². The Morgan fingerprint density at radius 1 is 1.18 bits per heavy atom. The Bertz CT molecular complexity index is 1080. The van der Waals surface area contributed by atoms with E-state index in [1.54, 1.807) is 24.9 Å². The Morgan fingerprint density at radius 2 is 2.07 bits per heavy atom. The van der Waals surface area contributed by atoms with Crippen LogP contribution in [0.2, 0.25) is 5.02 Å². The summed E-state index contributed by atoms with van der Waals surface area (Å²) < 4.78 is 5.61. The maximum atomic E-state index is 6.02. The molecule has 0 saturated carbocycles. The number of hydrogen-bond acceptors (Lipinski definition) is 7. The van der Waals surface area contributed by atoms with Gasteiger partial charge < -0.3 is 9.51 Å². The summed E-state index contributed by atoms with van der Waals surface area (Å²) in [6.45, 7) is 1.44. The summed E-state index contributed by atoms with van der Waals surface area (Å²) in [7, 11) is 0. The van der Waals surface area contributed by atoms with E-state index in [4.69, 9.17) is 16.1 Å². The lowest BCUT2D eigenvalue weighted by atomic mass is 10.0. The van der Waals surface area contributed by atoms with Crippen molar-refractivity contribution in [3.8, 4) is 11.5 Å². The van der Waals surface area contributed by atoms with Crippen molar-refractivity contribution >= 4 is 11.6 Å². The molecule has 4 heterocycles. The van der Waals surface area contributed by atoms with E-state index in [1.165, 1.54) is 0 Å². The fraction of sp³-hybridized carbons (Fsp3) is 0.211. The number of hydrogen-bond donors (Lipinski definition) is 1. The van der Waals surface area contributed by atoms with Crippen molar-refractivity contribution < 1.29 is 4.52 Å². The molecule has 1 N–H and O–H groups in total. The zero-order valence-corrected chi connectivity index (χ0v) is 15.5. The van der Waals surface area contributed by atoms with Crippen LogP contribution in [-0.2, 0) is 19.5 Å². The molecular formula is C19H16ClN7O. The van der Waals surface area contributed by atoms with Crippen LogP contribution in [-0.4, -0.2) is 35.0 Å². The van der Waals surface area contributed by atoms with Gasteiger partial charge in [0, 0.05) is 36.9 Å². The van der Waals surface area contributed by atoms with Gasteiger partial charge in [-0.15, -0.1) is 0 Å². The summed E-state index contributed by atoms with van der Waals surface area (Å²) in [6, 6.07) is 7.78. The first-order chi connectivity index (χ1) is 13.8. The van der Waals surface area contributed by atoms with Crippen molar-refractivity contribution in [2.45, 2.75) is 25.6 Å². The minimum absolute atomic E-state index is 0.0793. The number of fused-ring (bicyclic) bond motifs is 1. The van der Waals surface area contributed by atoms with Crippen LogP contribution in [0, 0.1) is 0 Å². The van der Waals surface area contributed by atoms with Crippen molar-refractivity contribution in [3.63, 3.8) is 0 Å². The molecule has 1 atom stereocenters. The van der Waals surface area contributed by atoms with Crippen LogP contribution < -0.4 is 0 Å². The summed E-state index contributed by atoms with van der Waals surface area (Å²) in [5, 5.41) is 4.82. The predicted octanol–water partition coefficient (Wildman–Crippen LogP) is 3.20. The van der Waals surface area contributed by atoms with E-state index in [9.17, 15) is 0 Å². The lowest BCUT2D eigenvalue weighted by Gasteiger charge is -2.32. The Labute approximate surface area is 165 Å². The number of aromatic nitrogens is 6. The van der Waals surface area contributed by atoms with Crippen LogP contribution in [0.3, 0.4) is 0 Å². The van der Waals surface area contributed by atoms with Gasteiger partial charge in [0.2, 0.25) is 11.7 Å². The molecule has 1 aliphatic heterocycles. The van der Waals surface area contributed by atoms with Gasteiger partial charge in [0.25, 0.3) is 0 Å². The molecule has 0 saturated heterocycles. The Morgan fingerprint density at radius 3 is 2.89 bits per heavy atom. The van der Waals surface area contributed by atoms with Crippen molar-refractivity contribution in [2.24, 2.45) is 0 Å². The third-order valence-corrected chi connectivity index (χ3v) is 5.07. The molecule has 1 aromatic carbocycles. The normalized spacial score (nSPS) is 16.8. The number of H-pyrrole nitrogens is 1. The van der Waals surface area contributed by atoms with Gasteiger partial charge in [-0.3, -0.25) is 9.88 Å². The molecule has 0 aliphatic carbocycles. The van der Waals surface area contributed by atoms with E-state index in [1.807, 2.05) is 24.3 Å². The number of nitrogens with one attached hydrogen (secondary N) is 1. The topological polar surface area (TPSA) is 96.6 Å². The molecule has 0 fully saturated rings. The molecule has 3 aromatic heterocycles. The van der Waals surface area contributed by atoms with Gasteiger partial charge in [0.05, 0.1) is 30.0 Å². The van der Waals surface area contributed by atoms with E-state index in [0.717, 1.165) is 28.5 Å². The van der Waals surface area contributed by atoms with Crippen LogP contribution in [0.25, 0.3) is 11.5 Å². The molecule has 28 heavy (non-hydrogen) atoms. The molecule has 0 bridgehead atoms. The third-order valence-electron chi connectivity index (χ3n) is 4.81. The molecule has 9 heteroatoms. The fourth-order valence-corrected chi connectivity index (χ4v) is 3.54. The monoisotopic (exact) mass is 393 g/mol. The predicted molar refractivity (Wildman–Crippen MR) is 101 cm³/mol. The van der Waals surface area contributed by atoms with Crippen molar-refractivity contribution in [2.75, 3.05) is 0 Å². The molecule has 8 nitrogen and oxygen atoms in total. The summed E-state index contributed by atoms with van der Waals surface area (Å²) >= 11 is 6.02. The maximum Gasteiger partial charge on any atom is 0.244 e. The van der Waals surface area contributed by atoms with E-state index in [0.29, 0.717) is 30.4 Å². The highest BCUT2D eigenvalue weighted by atomic mass is 35.5. The number of benzene rings is 1. The first-order valence-corrected chi connectivity index (χ1v) is 9.23. The number of halogens is 1. The SMILES string of the molecule is Clc1ccc(CN2Cc3[nH]cnc3C[C@H]2c2nc(-c3cnccn3)no2)cc1. The average molecular weight is 394 g/mol. The standard InChI is InChI=1S/C19H16ClN7O/c20-13-3-1-12(2-4-13)9-27-10-16-14(23-11-24-16)7-17(27)19-25-18(26-28-19)15-8-21-5-6-22-15/h1-6,8,11,17H,7,9-10H2,(H,23,24)/t17-/m0/s1. The van der Waals surface area contributed by atoms with Crippen LogP contribution in [0.5, 0.6) is 0 Å². The minimum Gasteiger partial charge on any atom is -0.347 e. The van der Waals surface area contributed by atoms with E-state index < -0.39 is 0 Å². The quantitative estimate of drug-likeness (QED) is 0.568. The van der Waals surface area contributed by atoms with Crippen LogP contribution in [0.1, 0.15) is 28.9 Å². The first kappa shape index (κ1) is 17.0. The second-order valence-corrected chi connectivity index (χ2v) is 7.06. The smallest absolute Gasteiger partial charge is 0.244 e. The van der Waals surface area contributed by atoms with E-state index >= 15 is 0 Å². The summed E-state index contributed by atoms with van der Waals surface area (Å²) in [5.74, 6) is 0.977. The van der Waals surface area contributed by atoms with Gasteiger partial charge in [-0.2, -0.15) is 4.98 Å². The van der Waals surface area contributed by atoms with Crippen molar-refractivity contribution in [1.82, 2.24) is 35.0 Å². The van der Waals surface area contributed by atoms with Crippen LogP contribution in [0.15, 0.2) is 53.7 Å². The van der Waals surface area contributed by atoms with E-state index in [-0.39, 0.29) is 6.04 Å². The van der Waals surface area contributed by atoms with E-state index in [2.05, 4.69) is 35.0 Å². The molecule has 0 unspecified atom stereocenters. The van der Waals surface area contributed by atoms with Crippen LogP contribution >= 0.6 is 11.6 Å². The Kier molecular flexibility index (Phi) is 4.34. The minimum atomic E-state index is -0.0793. The van der Waals surface area contributed by atoms with Gasteiger partial charge in [-0.05, 0) is 17.7 Å². The molecule has 0 amide bonds. The molecule has 0 radical (unpaired) electrons. The summed E-state index contributed by atoms with van der Waals surface area (Å²) in [5.41, 5.74) is 3.87. The Balaban J connectivity index is 1.46. The second-order valence-electron chi connectivity index (χ2n) is 6.63. The average Bonchev–Trinajstić information content (AvgIpc) is 3.39. The molecule has 140 valence electrons. The largest absolute Gasteiger partial charge is 0.347 e. The molecular weight excluding hydrogens is 378 g/mol. The first-order valence-electron chi connectivity index (χ1n) is 8.86. The number of imidazole rings is 1. The summed E-state index contributed by atoms with van der Waals surface area (Å²) in [4.78, 5) is 22.8. The zero-order chi connectivity index (χ0) is 18.9. The lowest BCUT2D eigenvalue weighted by Crippen LogP contribution is -2.34. The van der Waals surface area contributed by atoms with Gasteiger partial charge in [-0.1, -0.05) is 28.9 Å². The van der Waals surface area contributed by atoms with Crippen LogP contribution in [0.4, 0.5) is 0 Å². The van der Waals surface area contributed by atoms with Gasteiger partial charge in [-0.25, -0.2) is 9.97 Å². The summed E-state index contributed by atoms with van der Waals surface area (Å²) in [6.07, 6.45) is 7.25. The number of rotatable bonds is 4. The Hall–Kier alpha value is -3.10. The highest BCUT2D eigenvalue weighted by Crippen LogP contribution is 2.33. The highest BCUT2D eigenvalue weighted by Gasteiger charge is 2.33. The molecule has 5 rings (SSSR count). The number of nitrogens with zero attached hydrogens (tertiary/aromatic N) is 6. The number of aromatic amines is 1. The second kappa shape index (κ2) is 7.14. The fourth-order valence-electron chi connectivity index (χ4n) is 3.41. The van der Waals surface area contributed by atoms with Crippen molar-refractivity contribution in [3.05, 3.63) is 77.0 Å². The van der Waals surface area contributed by atoms with Gasteiger partial charge in [0.1, 0.15) is 5.69 Å². The molecule has 4 aromatic rings. The molecule has 1 aliphatic rings. The highest BCUT2D eigenvalue weighted by molar-refractivity contribution is 6.30. The zero-order valence-electron chi connectivity index (χ0n) is 14.8. The third kappa shape index (κ3) is 3.28. The maximum absolute atomic E-state index is 6.02. The lowest BCUT2D eigenvalue weighted by molar-refractivity contribution is 0.128. The van der Waals surface area contributed by atoms with Gasteiger partial charge in [0.15, 0.2) is 0 Å². The molecule has 0 spiro atoms. The van der Waals surface area contributed by atoms with Gasteiger partial charge >= 0.3 is 0 Å².